The zero-order valence-electron chi connectivity index (χ0n) is 10.6. The maximum Gasteiger partial charge on any atom is 0.149 e. The third-order valence-electron chi connectivity index (χ3n) is 2.56. The fraction of sp³-hybridized carbons (Fsp3) is 0.429. The first-order chi connectivity index (χ1) is 8.58. The maximum absolute atomic E-state index is 6.14. The Balaban J connectivity index is 2.99. The first-order valence-electron chi connectivity index (χ1n) is 5.84. The molecule has 0 heterocycles. The Hall–Kier alpha value is -0.880. The van der Waals surface area contributed by atoms with Gasteiger partial charge in [-0.25, -0.2) is 0 Å². The summed E-state index contributed by atoms with van der Waals surface area (Å²) in [6.07, 6.45) is 1.57. The second-order valence-electron chi connectivity index (χ2n) is 3.96. The molecule has 1 unspecified atom stereocenters. The molecule has 2 nitrogen and oxygen atoms in total. The van der Waals surface area contributed by atoms with Crippen LogP contribution in [-0.4, -0.2) is 12.6 Å². The van der Waals surface area contributed by atoms with Gasteiger partial charge in [0.25, 0.3) is 0 Å². The minimum absolute atomic E-state index is 0.0687. The van der Waals surface area contributed by atoms with Crippen LogP contribution in [-0.2, 0) is 6.42 Å². The van der Waals surface area contributed by atoms with Crippen molar-refractivity contribution in [3.8, 4) is 17.6 Å². The zero-order chi connectivity index (χ0) is 13.5. The molecule has 0 saturated carbocycles. The van der Waals surface area contributed by atoms with Crippen LogP contribution in [0.5, 0.6) is 5.75 Å². The van der Waals surface area contributed by atoms with Gasteiger partial charge in [0.2, 0.25) is 0 Å². The Morgan fingerprint density at radius 1 is 1.39 bits per heavy atom. The molecule has 0 aliphatic carbocycles. The fourth-order valence-electron chi connectivity index (χ4n) is 1.53. The first-order valence-corrected chi connectivity index (χ1v) is 6.60. The maximum atomic E-state index is 6.14. The van der Waals surface area contributed by atoms with Crippen LogP contribution in [0.4, 0.5) is 0 Å². The van der Waals surface area contributed by atoms with Crippen molar-refractivity contribution in [3.05, 3.63) is 27.7 Å². The van der Waals surface area contributed by atoms with Gasteiger partial charge in [0.1, 0.15) is 12.4 Å². The zero-order valence-corrected chi connectivity index (χ0v) is 12.1. The van der Waals surface area contributed by atoms with Gasteiger partial charge in [0.15, 0.2) is 0 Å². The molecule has 18 heavy (non-hydrogen) atoms. The van der Waals surface area contributed by atoms with E-state index in [0.717, 1.165) is 12.0 Å². The van der Waals surface area contributed by atoms with E-state index in [2.05, 4.69) is 11.8 Å². The molecule has 4 heteroatoms. The lowest BCUT2D eigenvalue weighted by atomic mass is 10.0. The molecule has 0 aliphatic heterocycles. The molecule has 0 aliphatic rings. The molecule has 2 N–H and O–H groups in total. The number of hydrogen-bond donors (Lipinski definition) is 1. The molecule has 0 amide bonds. The largest absolute Gasteiger partial charge is 0.479 e. The average molecular weight is 286 g/mol. The van der Waals surface area contributed by atoms with Gasteiger partial charge in [-0.05, 0) is 37.5 Å². The van der Waals surface area contributed by atoms with E-state index in [1.165, 1.54) is 0 Å². The molecule has 98 valence electrons. The molecule has 0 saturated heterocycles. The van der Waals surface area contributed by atoms with Gasteiger partial charge < -0.3 is 10.5 Å². The fourth-order valence-corrected chi connectivity index (χ4v) is 2.12. The van der Waals surface area contributed by atoms with E-state index in [-0.39, 0.29) is 6.04 Å². The predicted octanol–water partition coefficient (Wildman–Crippen LogP) is 3.68. The van der Waals surface area contributed by atoms with E-state index in [1.54, 1.807) is 13.0 Å². The highest BCUT2D eigenvalue weighted by atomic mass is 35.5. The molecular weight excluding hydrogens is 269 g/mol. The molecule has 0 aromatic heterocycles. The minimum Gasteiger partial charge on any atom is -0.479 e. The lowest BCUT2D eigenvalue weighted by Crippen LogP contribution is -2.21. The molecule has 0 fully saturated rings. The third-order valence-corrected chi connectivity index (χ3v) is 3.06. The lowest BCUT2D eigenvalue weighted by Gasteiger charge is -2.15. The van der Waals surface area contributed by atoms with Gasteiger partial charge in [-0.1, -0.05) is 36.0 Å². The second-order valence-corrected chi connectivity index (χ2v) is 4.81. The summed E-state index contributed by atoms with van der Waals surface area (Å²) in [6.45, 7) is 4.12. The van der Waals surface area contributed by atoms with E-state index >= 15 is 0 Å². The van der Waals surface area contributed by atoms with Crippen LogP contribution >= 0.6 is 23.2 Å². The number of rotatable bonds is 5. The average Bonchev–Trinajstić information content (AvgIpc) is 2.32. The van der Waals surface area contributed by atoms with E-state index in [0.29, 0.717) is 28.8 Å². The molecular formula is C14H17Cl2NO. The highest BCUT2D eigenvalue weighted by molar-refractivity contribution is 6.35. The van der Waals surface area contributed by atoms with Crippen LogP contribution in [0.1, 0.15) is 25.8 Å². The van der Waals surface area contributed by atoms with E-state index in [9.17, 15) is 0 Å². The Morgan fingerprint density at radius 3 is 2.72 bits per heavy atom. The van der Waals surface area contributed by atoms with Crippen molar-refractivity contribution in [1.82, 2.24) is 0 Å². The van der Waals surface area contributed by atoms with E-state index < -0.39 is 0 Å². The van der Waals surface area contributed by atoms with Crippen molar-refractivity contribution in [2.75, 3.05) is 6.61 Å². The van der Waals surface area contributed by atoms with Crippen molar-refractivity contribution in [1.29, 1.82) is 0 Å². The summed E-state index contributed by atoms with van der Waals surface area (Å²) in [5, 5.41) is 1.09. The third kappa shape index (κ3) is 4.42. The summed E-state index contributed by atoms with van der Waals surface area (Å²) in [4.78, 5) is 0. The highest BCUT2D eigenvalue weighted by Crippen LogP contribution is 2.33. The summed E-state index contributed by atoms with van der Waals surface area (Å²) in [7, 11) is 0. The van der Waals surface area contributed by atoms with Gasteiger partial charge in [0.05, 0.1) is 5.02 Å². The van der Waals surface area contributed by atoms with Crippen molar-refractivity contribution < 1.29 is 4.74 Å². The van der Waals surface area contributed by atoms with E-state index in [1.807, 2.05) is 13.0 Å². The van der Waals surface area contributed by atoms with Crippen LogP contribution in [0.25, 0.3) is 0 Å². The number of halogens is 2. The van der Waals surface area contributed by atoms with Crippen LogP contribution in [0, 0.1) is 11.8 Å². The lowest BCUT2D eigenvalue weighted by molar-refractivity contribution is 0.365. The highest BCUT2D eigenvalue weighted by Gasteiger charge is 2.13. The van der Waals surface area contributed by atoms with Gasteiger partial charge in [0, 0.05) is 11.1 Å². The molecule has 1 rings (SSSR count). The van der Waals surface area contributed by atoms with Gasteiger partial charge in [-0.3, -0.25) is 0 Å². The molecule has 1 aromatic rings. The Morgan fingerprint density at radius 2 is 2.11 bits per heavy atom. The summed E-state index contributed by atoms with van der Waals surface area (Å²) in [5.74, 6) is 6.24. The van der Waals surface area contributed by atoms with Crippen LogP contribution in [0.15, 0.2) is 12.1 Å². The van der Waals surface area contributed by atoms with Crippen LogP contribution < -0.4 is 10.5 Å². The van der Waals surface area contributed by atoms with Crippen molar-refractivity contribution in [2.45, 2.75) is 32.7 Å². The Kier molecular flexibility index (Phi) is 6.35. The summed E-state index contributed by atoms with van der Waals surface area (Å²) < 4.78 is 5.59. The molecule has 1 atom stereocenters. The minimum atomic E-state index is 0.0687. The summed E-state index contributed by atoms with van der Waals surface area (Å²) in [6, 6.07) is 3.58. The Labute approximate surface area is 118 Å². The van der Waals surface area contributed by atoms with Crippen molar-refractivity contribution >= 4 is 23.2 Å². The van der Waals surface area contributed by atoms with Gasteiger partial charge in [-0.2, -0.15) is 0 Å². The summed E-state index contributed by atoms with van der Waals surface area (Å²) >= 11 is 12.1. The monoisotopic (exact) mass is 285 g/mol. The van der Waals surface area contributed by atoms with Gasteiger partial charge >= 0.3 is 0 Å². The number of ether oxygens (including phenoxy) is 1. The topological polar surface area (TPSA) is 35.2 Å². The summed E-state index contributed by atoms with van der Waals surface area (Å²) in [5.41, 5.74) is 6.89. The van der Waals surface area contributed by atoms with Crippen LogP contribution in [0.3, 0.4) is 0 Å². The quantitative estimate of drug-likeness (QED) is 0.838. The van der Waals surface area contributed by atoms with E-state index in [4.69, 9.17) is 33.7 Å². The predicted molar refractivity (Wildman–Crippen MR) is 77.4 cm³/mol. The molecule has 0 spiro atoms. The number of hydrogen-bond acceptors (Lipinski definition) is 2. The van der Waals surface area contributed by atoms with Crippen molar-refractivity contribution in [2.24, 2.45) is 5.73 Å². The van der Waals surface area contributed by atoms with Gasteiger partial charge in [-0.15, -0.1) is 5.92 Å². The van der Waals surface area contributed by atoms with Crippen molar-refractivity contribution in [3.63, 3.8) is 0 Å². The molecule has 0 bridgehead atoms. The normalized spacial score (nSPS) is 11.6. The standard InChI is InChI=1S/C14H17Cl2NO/c1-3-5-6-18-14-10(8-12(17)4-2)7-11(15)9-13(14)16/h7,9,12H,4,6,8,17H2,1-2H3. The van der Waals surface area contributed by atoms with Crippen LogP contribution in [0.2, 0.25) is 10.0 Å². The first kappa shape index (κ1) is 15.2. The molecule has 0 radical (unpaired) electrons. The molecule has 1 aromatic carbocycles. The smallest absolute Gasteiger partial charge is 0.149 e. The second kappa shape index (κ2) is 7.53. The number of nitrogens with two attached hydrogens (primary N) is 1. The SMILES string of the molecule is CC#CCOc1c(Cl)cc(Cl)cc1CC(N)CC. The number of benzene rings is 1. The Bertz CT molecular complexity index is 463.